The fraction of sp³-hybridized carbons (Fsp3) is 0.462. The Morgan fingerprint density at radius 2 is 1.95 bits per heavy atom. The minimum atomic E-state index is 0.795. The maximum absolute atomic E-state index is 4.02. The zero-order valence-corrected chi connectivity index (χ0v) is 11.1. The predicted octanol–water partition coefficient (Wildman–Crippen LogP) is 0.677. The molecule has 0 radical (unpaired) electrons. The van der Waals surface area contributed by atoms with E-state index in [1.807, 2.05) is 7.05 Å². The zero-order valence-electron chi connectivity index (χ0n) is 11.1. The molecule has 0 amide bonds. The van der Waals surface area contributed by atoms with Crippen molar-refractivity contribution in [1.29, 1.82) is 0 Å². The van der Waals surface area contributed by atoms with Crippen molar-refractivity contribution >= 4 is 5.69 Å². The quantitative estimate of drug-likeness (QED) is 0.858. The lowest BCUT2D eigenvalue weighted by Crippen LogP contribution is -2.27. The highest BCUT2D eigenvalue weighted by atomic mass is 15.5. The third kappa shape index (κ3) is 2.58. The molecule has 0 spiro atoms. The van der Waals surface area contributed by atoms with Crippen LogP contribution >= 0.6 is 0 Å². The summed E-state index contributed by atoms with van der Waals surface area (Å²) in [7, 11) is 1.85. The van der Waals surface area contributed by atoms with E-state index in [1.54, 1.807) is 4.68 Å². The Labute approximate surface area is 112 Å². The molecule has 1 aromatic carbocycles. The zero-order chi connectivity index (χ0) is 13.1. The van der Waals surface area contributed by atoms with E-state index >= 15 is 0 Å². The van der Waals surface area contributed by atoms with E-state index in [9.17, 15) is 0 Å². The fourth-order valence-corrected chi connectivity index (χ4v) is 2.40. The number of nitrogens with zero attached hydrogens (tertiary/aromatic N) is 5. The third-order valence-corrected chi connectivity index (χ3v) is 3.45. The van der Waals surface area contributed by atoms with Gasteiger partial charge in [0.1, 0.15) is 0 Å². The average molecular weight is 258 g/mol. The van der Waals surface area contributed by atoms with E-state index in [2.05, 4.69) is 50.0 Å². The maximum Gasteiger partial charge on any atom is 0.181 e. The van der Waals surface area contributed by atoms with Crippen LogP contribution in [0.2, 0.25) is 0 Å². The summed E-state index contributed by atoms with van der Waals surface area (Å²) in [6, 6.07) is 8.46. The summed E-state index contributed by atoms with van der Waals surface area (Å²) >= 11 is 0. The molecule has 1 fully saturated rings. The Bertz CT molecular complexity index is 524. The Balaban J connectivity index is 1.80. The van der Waals surface area contributed by atoms with Gasteiger partial charge in [0.15, 0.2) is 5.82 Å². The molecule has 1 saturated heterocycles. The highest BCUT2D eigenvalue weighted by molar-refractivity contribution is 5.60. The van der Waals surface area contributed by atoms with E-state index < -0.39 is 0 Å². The van der Waals surface area contributed by atoms with Gasteiger partial charge in [0.05, 0.1) is 0 Å². The van der Waals surface area contributed by atoms with Crippen molar-refractivity contribution in [2.75, 3.05) is 31.1 Å². The minimum Gasteiger partial charge on any atom is -0.370 e. The van der Waals surface area contributed by atoms with Gasteiger partial charge in [-0.25, -0.2) is 4.68 Å². The van der Waals surface area contributed by atoms with Gasteiger partial charge in [0.2, 0.25) is 0 Å². The molecular weight excluding hydrogens is 240 g/mol. The first kappa shape index (κ1) is 12.1. The van der Waals surface area contributed by atoms with Crippen molar-refractivity contribution in [1.82, 2.24) is 25.5 Å². The Hall–Kier alpha value is -1.95. The molecule has 0 atom stereocenters. The lowest BCUT2D eigenvalue weighted by Gasteiger charge is -2.22. The van der Waals surface area contributed by atoms with Crippen LogP contribution in [0.5, 0.6) is 0 Å². The Morgan fingerprint density at radius 1 is 1.11 bits per heavy atom. The molecule has 100 valence electrons. The topological polar surface area (TPSA) is 58.9 Å². The van der Waals surface area contributed by atoms with Gasteiger partial charge in [0.25, 0.3) is 0 Å². The van der Waals surface area contributed by atoms with Gasteiger partial charge < -0.3 is 10.2 Å². The van der Waals surface area contributed by atoms with Crippen LogP contribution in [0.15, 0.2) is 24.3 Å². The van der Waals surface area contributed by atoms with Gasteiger partial charge >= 0.3 is 0 Å². The van der Waals surface area contributed by atoms with Crippen LogP contribution in [0.3, 0.4) is 0 Å². The number of aromatic nitrogens is 4. The largest absolute Gasteiger partial charge is 0.370 e. The number of aryl methyl sites for hydroxylation is 1. The predicted molar refractivity (Wildman–Crippen MR) is 73.9 cm³/mol. The van der Waals surface area contributed by atoms with E-state index in [4.69, 9.17) is 0 Å². The summed E-state index contributed by atoms with van der Waals surface area (Å²) in [6.07, 6.45) is 1.19. The first-order chi connectivity index (χ1) is 9.34. The standard InChI is InChI=1S/C13H18N6/c1-18-13(15-16-17-18)11-3-5-12(6-4-11)19-9-2-7-14-8-10-19/h3-6,14H,2,7-10H2,1H3. The molecule has 19 heavy (non-hydrogen) atoms. The van der Waals surface area contributed by atoms with Crippen LogP contribution in [0.1, 0.15) is 6.42 Å². The molecule has 2 aromatic rings. The average Bonchev–Trinajstić information content (AvgIpc) is 2.71. The second kappa shape index (κ2) is 5.36. The molecule has 0 unspecified atom stereocenters. The minimum absolute atomic E-state index is 0.795. The summed E-state index contributed by atoms with van der Waals surface area (Å²) in [5.41, 5.74) is 2.31. The van der Waals surface area contributed by atoms with Gasteiger partial charge in [-0.15, -0.1) is 5.10 Å². The molecule has 2 heterocycles. The van der Waals surface area contributed by atoms with Crippen molar-refractivity contribution in [3.8, 4) is 11.4 Å². The molecule has 1 aliphatic heterocycles. The number of benzene rings is 1. The number of anilines is 1. The molecule has 1 aromatic heterocycles. The van der Waals surface area contributed by atoms with Crippen LogP contribution in [0.25, 0.3) is 11.4 Å². The Kier molecular flexibility index (Phi) is 3.41. The maximum atomic E-state index is 4.02. The summed E-state index contributed by atoms with van der Waals surface area (Å²) in [4.78, 5) is 2.42. The van der Waals surface area contributed by atoms with Crippen molar-refractivity contribution in [3.63, 3.8) is 0 Å². The van der Waals surface area contributed by atoms with E-state index in [0.717, 1.165) is 37.6 Å². The summed E-state index contributed by atoms with van der Waals surface area (Å²) in [5.74, 6) is 0.795. The molecule has 6 nitrogen and oxygen atoms in total. The van der Waals surface area contributed by atoms with Gasteiger partial charge in [-0.3, -0.25) is 0 Å². The SMILES string of the molecule is Cn1nnnc1-c1ccc(N2CCCNCC2)cc1. The number of hydrogen-bond acceptors (Lipinski definition) is 5. The first-order valence-corrected chi connectivity index (χ1v) is 6.63. The lowest BCUT2D eigenvalue weighted by molar-refractivity contribution is 0.714. The van der Waals surface area contributed by atoms with Crippen molar-refractivity contribution in [2.24, 2.45) is 7.05 Å². The molecule has 0 bridgehead atoms. The van der Waals surface area contributed by atoms with Crippen LogP contribution in [0.4, 0.5) is 5.69 Å². The number of tetrazole rings is 1. The summed E-state index contributed by atoms with van der Waals surface area (Å²) < 4.78 is 1.69. The monoisotopic (exact) mass is 258 g/mol. The summed E-state index contributed by atoms with van der Waals surface area (Å²) in [6.45, 7) is 4.33. The Morgan fingerprint density at radius 3 is 2.68 bits per heavy atom. The van der Waals surface area contributed by atoms with Gasteiger partial charge in [-0.2, -0.15) is 0 Å². The van der Waals surface area contributed by atoms with Gasteiger partial charge in [-0.1, -0.05) is 0 Å². The van der Waals surface area contributed by atoms with Crippen molar-refractivity contribution in [2.45, 2.75) is 6.42 Å². The molecule has 1 aliphatic rings. The van der Waals surface area contributed by atoms with Crippen molar-refractivity contribution < 1.29 is 0 Å². The van der Waals surface area contributed by atoms with Crippen molar-refractivity contribution in [3.05, 3.63) is 24.3 Å². The van der Waals surface area contributed by atoms with Gasteiger partial charge in [-0.05, 0) is 47.7 Å². The smallest absolute Gasteiger partial charge is 0.181 e. The number of hydrogen-bond donors (Lipinski definition) is 1. The molecule has 3 rings (SSSR count). The second-order valence-electron chi connectivity index (χ2n) is 4.76. The third-order valence-electron chi connectivity index (χ3n) is 3.45. The number of rotatable bonds is 2. The van der Waals surface area contributed by atoms with E-state index in [0.29, 0.717) is 0 Å². The normalized spacial score (nSPS) is 16.4. The fourth-order valence-electron chi connectivity index (χ4n) is 2.40. The second-order valence-corrected chi connectivity index (χ2v) is 4.76. The van der Waals surface area contributed by atoms with Crippen LogP contribution < -0.4 is 10.2 Å². The molecule has 0 aliphatic carbocycles. The lowest BCUT2D eigenvalue weighted by atomic mass is 10.2. The van der Waals surface area contributed by atoms with Gasteiger partial charge in [0, 0.05) is 37.9 Å². The molecule has 1 N–H and O–H groups in total. The van der Waals surface area contributed by atoms with Crippen LogP contribution in [-0.4, -0.2) is 46.4 Å². The number of nitrogens with one attached hydrogen (secondary N) is 1. The first-order valence-electron chi connectivity index (χ1n) is 6.63. The van der Waals surface area contributed by atoms with Crippen LogP contribution in [-0.2, 0) is 7.05 Å². The summed E-state index contributed by atoms with van der Waals surface area (Å²) in [5, 5.41) is 15.0. The molecule has 0 saturated carbocycles. The highest BCUT2D eigenvalue weighted by Gasteiger charge is 2.10. The molecular formula is C13H18N6. The van der Waals surface area contributed by atoms with Crippen LogP contribution in [0, 0.1) is 0 Å². The van der Waals surface area contributed by atoms with E-state index in [-0.39, 0.29) is 0 Å². The molecule has 6 heteroatoms. The van der Waals surface area contributed by atoms with E-state index in [1.165, 1.54) is 12.1 Å². The highest BCUT2D eigenvalue weighted by Crippen LogP contribution is 2.21.